The fourth-order valence-corrected chi connectivity index (χ4v) is 4.51. The second-order valence-corrected chi connectivity index (χ2v) is 8.47. The van der Waals surface area contributed by atoms with Crippen molar-refractivity contribution in [3.05, 3.63) is 76.8 Å². The molecule has 26 heavy (non-hydrogen) atoms. The summed E-state index contributed by atoms with van der Waals surface area (Å²) in [5.41, 5.74) is 6.72. The number of rotatable bonds is 3. The molecule has 0 aromatic heterocycles. The van der Waals surface area contributed by atoms with E-state index in [-0.39, 0.29) is 4.90 Å². The molecule has 0 bridgehead atoms. The molecule has 4 rings (SSSR count). The summed E-state index contributed by atoms with van der Waals surface area (Å²) >= 11 is 6.77. The molecule has 0 heterocycles. The average molecular weight is 384 g/mol. The van der Waals surface area contributed by atoms with Gasteiger partial charge in [-0.25, -0.2) is 13.6 Å². The van der Waals surface area contributed by atoms with Crippen molar-refractivity contribution in [2.75, 3.05) is 0 Å². The van der Waals surface area contributed by atoms with Gasteiger partial charge in [-0.15, -0.1) is 0 Å². The van der Waals surface area contributed by atoms with Crippen LogP contribution in [0.5, 0.6) is 0 Å². The van der Waals surface area contributed by atoms with E-state index in [2.05, 4.69) is 18.2 Å². The molecule has 0 saturated carbocycles. The van der Waals surface area contributed by atoms with E-state index in [1.54, 1.807) is 12.1 Å². The standard InChI is InChI=1S/C21H18ClNO2S/c22-21-18(15-10-12-16(13-11-15)26(23,24)25)7-3-9-20(21)19-8-2-5-14-4-1-6-17(14)19/h2-3,5,7-13H,1,4,6H2,(H2,23,24,25). The van der Waals surface area contributed by atoms with Gasteiger partial charge in [0.1, 0.15) is 0 Å². The van der Waals surface area contributed by atoms with E-state index in [4.69, 9.17) is 16.7 Å². The van der Waals surface area contributed by atoms with Crippen LogP contribution in [0.25, 0.3) is 22.3 Å². The molecule has 0 spiro atoms. The van der Waals surface area contributed by atoms with Crippen molar-refractivity contribution in [1.29, 1.82) is 0 Å². The molecule has 0 radical (unpaired) electrons. The molecule has 0 fully saturated rings. The smallest absolute Gasteiger partial charge is 0.225 e. The van der Waals surface area contributed by atoms with Crippen molar-refractivity contribution >= 4 is 21.6 Å². The summed E-state index contributed by atoms with van der Waals surface area (Å²) in [6.45, 7) is 0. The lowest BCUT2D eigenvalue weighted by Gasteiger charge is -2.14. The van der Waals surface area contributed by atoms with Crippen LogP contribution in [0.2, 0.25) is 5.02 Å². The number of hydrogen-bond acceptors (Lipinski definition) is 2. The highest BCUT2D eigenvalue weighted by Gasteiger charge is 2.18. The monoisotopic (exact) mass is 383 g/mol. The number of sulfonamides is 1. The molecule has 1 aliphatic rings. The first kappa shape index (κ1) is 17.3. The van der Waals surface area contributed by atoms with Gasteiger partial charge in [0.2, 0.25) is 10.0 Å². The van der Waals surface area contributed by atoms with Gasteiger partial charge in [-0.2, -0.15) is 0 Å². The predicted octanol–water partition coefficient (Wildman–Crippen LogP) is 4.81. The lowest BCUT2D eigenvalue weighted by Crippen LogP contribution is -2.11. The normalized spacial score (nSPS) is 13.6. The second kappa shape index (κ2) is 6.54. The van der Waals surface area contributed by atoms with Gasteiger partial charge in [0.25, 0.3) is 0 Å². The summed E-state index contributed by atoms with van der Waals surface area (Å²) in [7, 11) is -3.70. The SMILES string of the molecule is NS(=O)(=O)c1ccc(-c2cccc(-c3cccc4c3CCC4)c2Cl)cc1. The van der Waals surface area contributed by atoms with Crippen LogP contribution >= 0.6 is 11.6 Å². The van der Waals surface area contributed by atoms with Crippen LogP contribution in [0.4, 0.5) is 0 Å². The molecule has 0 saturated heterocycles. The van der Waals surface area contributed by atoms with Gasteiger partial charge in [-0.1, -0.05) is 60.1 Å². The van der Waals surface area contributed by atoms with E-state index in [9.17, 15) is 8.42 Å². The van der Waals surface area contributed by atoms with E-state index in [0.29, 0.717) is 5.02 Å². The Hall–Kier alpha value is -2.14. The van der Waals surface area contributed by atoms with Crippen LogP contribution in [0.3, 0.4) is 0 Å². The van der Waals surface area contributed by atoms with Gasteiger partial charge in [-0.3, -0.25) is 0 Å². The van der Waals surface area contributed by atoms with Crippen LogP contribution in [-0.2, 0) is 22.9 Å². The van der Waals surface area contributed by atoms with Gasteiger partial charge >= 0.3 is 0 Å². The Labute approximate surface area is 158 Å². The molecular weight excluding hydrogens is 366 g/mol. The van der Waals surface area contributed by atoms with Crippen molar-refractivity contribution in [2.24, 2.45) is 5.14 Å². The van der Waals surface area contributed by atoms with Crippen LogP contribution in [0, 0.1) is 0 Å². The van der Waals surface area contributed by atoms with E-state index in [0.717, 1.165) is 29.5 Å². The minimum atomic E-state index is -3.70. The maximum Gasteiger partial charge on any atom is 0.238 e. The minimum Gasteiger partial charge on any atom is -0.225 e. The topological polar surface area (TPSA) is 60.2 Å². The molecule has 1 aliphatic carbocycles. The number of aryl methyl sites for hydroxylation is 1. The maximum atomic E-state index is 11.4. The number of fused-ring (bicyclic) bond motifs is 1. The zero-order valence-electron chi connectivity index (χ0n) is 14.1. The van der Waals surface area contributed by atoms with E-state index in [1.165, 1.54) is 35.2 Å². The third-order valence-electron chi connectivity index (χ3n) is 4.93. The summed E-state index contributed by atoms with van der Waals surface area (Å²) < 4.78 is 22.9. The summed E-state index contributed by atoms with van der Waals surface area (Å²) in [6, 6.07) is 18.9. The molecule has 0 aliphatic heterocycles. The number of nitrogens with two attached hydrogens (primary N) is 1. The van der Waals surface area contributed by atoms with Crippen molar-refractivity contribution in [1.82, 2.24) is 0 Å². The lowest BCUT2D eigenvalue weighted by molar-refractivity contribution is 0.598. The Morgan fingerprint density at radius 1 is 0.808 bits per heavy atom. The number of halogens is 1. The van der Waals surface area contributed by atoms with E-state index in [1.807, 2.05) is 18.2 Å². The molecule has 3 nitrogen and oxygen atoms in total. The van der Waals surface area contributed by atoms with Gasteiger partial charge in [-0.05, 0) is 53.6 Å². The Morgan fingerprint density at radius 2 is 1.46 bits per heavy atom. The van der Waals surface area contributed by atoms with Crippen molar-refractivity contribution in [2.45, 2.75) is 24.2 Å². The average Bonchev–Trinajstić information content (AvgIpc) is 3.10. The molecule has 2 N–H and O–H groups in total. The molecule has 3 aromatic carbocycles. The van der Waals surface area contributed by atoms with Crippen LogP contribution < -0.4 is 5.14 Å². The summed E-state index contributed by atoms with van der Waals surface area (Å²) in [5.74, 6) is 0. The zero-order valence-corrected chi connectivity index (χ0v) is 15.6. The highest BCUT2D eigenvalue weighted by Crippen LogP contribution is 2.40. The summed E-state index contributed by atoms with van der Waals surface area (Å²) in [4.78, 5) is 0.0920. The molecule has 3 aromatic rings. The highest BCUT2D eigenvalue weighted by molar-refractivity contribution is 7.89. The van der Waals surface area contributed by atoms with Crippen molar-refractivity contribution < 1.29 is 8.42 Å². The first-order valence-corrected chi connectivity index (χ1v) is 10.4. The van der Waals surface area contributed by atoms with Crippen LogP contribution in [0.1, 0.15) is 17.5 Å². The molecule has 132 valence electrons. The molecular formula is C21H18ClNO2S. The van der Waals surface area contributed by atoms with Gasteiger partial charge < -0.3 is 0 Å². The molecule has 0 amide bonds. The lowest BCUT2D eigenvalue weighted by atomic mass is 9.94. The largest absolute Gasteiger partial charge is 0.238 e. The second-order valence-electron chi connectivity index (χ2n) is 6.53. The molecule has 0 atom stereocenters. The number of benzene rings is 3. The Morgan fingerprint density at radius 3 is 2.19 bits per heavy atom. The van der Waals surface area contributed by atoms with Crippen LogP contribution in [0.15, 0.2) is 65.6 Å². The predicted molar refractivity (Wildman–Crippen MR) is 106 cm³/mol. The Kier molecular flexibility index (Phi) is 4.35. The molecule has 0 unspecified atom stereocenters. The van der Waals surface area contributed by atoms with Gasteiger partial charge in [0.15, 0.2) is 0 Å². The quantitative estimate of drug-likeness (QED) is 0.705. The van der Waals surface area contributed by atoms with Gasteiger partial charge in [0.05, 0.1) is 9.92 Å². The van der Waals surface area contributed by atoms with E-state index < -0.39 is 10.0 Å². The fraction of sp³-hybridized carbons (Fsp3) is 0.143. The Balaban J connectivity index is 1.82. The van der Waals surface area contributed by atoms with E-state index >= 15 is 0 Å². The van der Waals surface area contributed by atoms with Crippen LogP contribution in [-0.4, -0.2) is 8.42 Å². The third kappa shape index (κ3) is 3.05. The Bertz CT molecular complexity index is 1090. The zero-order chi connectivity index (χ0) is 18.3. The first-order valence-electron chi connectivity index (χ1n) is 8.48. The minimum absolute atomic E-state index is 0.0920. The summed E-state index contributed by atoms with van der Waals surface area (Å²) in [6.07, 6.45) is 3.38. The first-order chi connectivity index (χ1) is 12.4. The van der Waals surface area contributed by atoms with Gasteiger partial charge in [0, 0.05) is 11.1 Å². The maximum absolute atomic E-state index is 11.4. The number of primary sulfonamides is 1. The van der Waals surface area contributed by atoms with Crippen molar-refractivity contribution in [3.8, 4) is 22.3 Å². The van der Waals surface area contributed by atoms with Crippen molar-refractivity contribution in [3.63, 3.8) is 0 Å². The third-order valence-corrected chi connectivity index (χ3v) is 6.27. The fourth-order valence-electron chi connectivity index (χ4n) is 3.66. The summed E-state index contributed by atoms with van der Waals surface area (Å²) in [5, 5.41) is 5.85. The molecule has 5 heteroatoms. The number of hydrogen-bond donors (Lipinski definition) is 1. The highest BCUT2D eigenvalue weighted by atomic mass is 35.5.